The summed E-state index contributed by atoms with van der Waals surface area (Å²) < 4.78 is 19.2. The van der Waals surface area contributed by atoms with Crippen molar-refractivity contribution in [1.29, 1.82) is 0 Å². The lowest BCUT2D eigenvalue weighted by Gasteiger charge is -2.26. The maximum absolute atomic E-state index is 13.8. The summed E-state index contributed by atoms with van der Waals surface area (Å²) in [5, 5.41) is 13.4. The van der Waals surface area contributed by atoms with Crippen molar-refractivity contribution in [3.63, 3.8) is 0 Å². The highest BCUT2D eigenvalue weighted by Crippen LogP contribution is 2.29. The number of anilines is 2. The van der Waals surface area contributed by atoms with Crippen molar-refractivity contribution in [3.05, 3.63) is 17.9 Å². The fourth-order valence-electron chi connectivity index (χ4n) is 2.30. The number of aliphatic hydroxyl groups is 1. The fraction of sp³-hybridized carbons (Fsp3) is 0.625. The fourth-order valence-corrected chi connectivity index (χ4v) is 2.30. The molecule has 5 heteroatoms. The van der Waals surface area contributed by atoms with E-state index in [1.807, 2.05) is 13.8 Å². The Labute approximate surface area is 126 Å². The molecular weight excluding hydrogens is 271 g/mol. The first-order valence-electron chi connectivity index (χ1n) is 7.32. The average Bonchev–Trinajstić information content (AvgIpc) is 2.29. The first kappa shape index (κ1) is 17.6. The molecule has 0 heterocycles. The SMILES string of the molecule is CC(C)CC(C)(O)CNc1cc(OC(C)C)c(F)cc1N. The van der Waals surface area contributed by atoms with Crippen LogP contribution in [0.25, 0.3) is 0 Å². The summed E-state index contributed by atoms with van der Waals surface area (Å²) in [6.45, 7) is 9.87. The third-order valence-electron chi connectivity index (χ3n) is 2.97. The van der Waals surface area contributed by atoms with Gasteiger partial charge < -0.3 is 20.9 Å². The van der Waals surface area contributed by atoms with E-state index in [4.69, 9.17) is 10.5 Å². The molecular formula is C16H27FN2O2. The summed E-state index contributed by atoms with van der Waals surface area (Å²) in [5.74, 6) is 0.0538. The van der Waals surface area contributed by atoms with Crippen LogP contribution in [-0.2, 0) is 0 Å². The van der Waals surface area contributed by atoms with E-state index in [0.717, 1.165) is 0 Å². The monoisotopic (exact) mass is 298 g/mol. The van der Waals surface area contributed by atoms with Gasteiger partial charge in [-0.2, -0.15) is 0 Å². The number of nitrogen functional groups attached to an aromatic ring is 1. The molecule has 0 spiro atoms. The van der Waals surface area contributed by atoms with Gasteiger partial charge >= 0.3 is 0 Å². The molecule has 0 aromatic heterocycles. The van der Waals surface area contributed by atoms with Gasteiger partial charge in [-0.25, -0.2) is 4.39 Å². The van der Waals surface area contributed by atoms with Gasteiger partial charge in [-0.15, -0.1) is 0 Å². The van der Waals surface area contributed by atoms with E-state index >= 15 is 0 Å². The van der Waals surface area contributed by atoms with Gasteiger partial charge in [-0.1, -0.05) is 13.8 Å². The lowest BCUT2D eigenvalue weighted by Crippen LogP contribution is -2.35. The molecule has 21 heavy (non-hydrogen) atoms. The second kappa shape index (κ2) is 6.98. The molecule has 0 bridgehead atoms. The van der Waals surface area contributed by atoms with Crippen LogP contribution < -0.4 is 15.8 Å². The highest BCUT2D eigenvalue weighted by Gasteiger charge is 2.22. The summed E-state index contributed by atoms with van der Waals surface area (Å²) in [7, 11) is 0. The van der Waals surface area contributed by atoms with Crippen LogP contribution in [0, 0.1) is 11.7 Å². The number of nitrogens with two attached hydrogens (primary N) is 1. The number of ether oxygens (including phenoxy) is 1. The van der Waals surface area contributed by atoms with Crippen molar-refractivity contribution in [2.24, 2.45) is 5.92 Å². The van der Waals surface area contributed by atoms with E-state index in [0.29, 0.717) is 30.3 Å². The third-order valence-corrected chi connectivity index (χ3v) is 2.97. The molecule has 0 saturated carbocycles. The van der Waals surface area contributed by atoms with Crippen LogP contribution >= 0.6 is 0 Å². The zero-order chi connectivity index (χ0) is 16.2. The van der Waals surface area contributed by atoms with Crippen molar-refractivity contribution < 1.29 is 14.2 Å². The molecule has 0 aliphatic rings. The highest BCUT2D eigenvalue weighted by molar-refractivity contribution is 5.68. The molecule has 1 aromatic carbocycles. The van der Waals surface area contributed by atoms with Crippen LogP contribution in [0.2, 0.25) is 0 Å². The lowest BCUT2D eigenvalue weighted by atomic mass is 9.94. The van der Waals surface area contributed by atoms with Gasteiger partial charge in [0.15, 0.2) is 11.6 Å². The van der Waals surface area contributed by atoms with Crippen molar-refractivity contribution in [2.75, 3.05) is 17.6 Å². The van der Waals surface area contributed by atoms with Crippen LogP contribution in [0.15, 0.2) is 12.1 Å². The molecule has 0 radical (unpaired) electrons. The van der Waals surface area contributed by atoms with Crippen molar-refractivity contribution in [3.8, 4) is 5.75 Å². The van der Waals surface area contributed by atoms with Crippen molar-refractivity contribution in [2.45, 2.75) is 52.7 Å². The van der Waals surface area contributed by atoms with Crippen molar-refractivity contribution >= 4 is 11.4 Å². The summed E-state index contributed by atoms with van der Waals surface area (Å²) in [4.78, 5) is 0. The molecule has 1 aromatic rings. The Bertz CT molecular complexity index is 474. The third kappa shape index (κ3) is 5.79. The van der Waals surface area contributed by atoms with Gasteiger partial charge in [-0.05, 0) is 33.1 Å². The highest BCUT2D eigenvalue weighted by atomic mass is 19.1. The predicted octanol–water partition coefficient (Wildman–Crippen LogP) is 3.40. The summed E-state index contributed by atoms with van der Waals surface area (Å²) >= 11 is 0. The average molecular weight is 298 g/mol. The summed E-state index contributed by atoms with van der Waals surface area (Å²) in [5.41, 5.74) is 5.82. The minimum absolute atomic E-state index is 0.125. The molecule has 1 atom stereocenters. The van der Waals surface area contributed by atoms with Crippen LogP contribution in [0.5, 0.6) is 5.75 Å². The smallest absolute Gasteiger partial charge is 0.167 e. The number of benzene rings is 1. The minimum atomic E-state index is -0.853. The second-order valence-electron chi connectivity index (χ2n) is 6.48. The molecule has 1 unspecified atom stereocenters. The van der Waals surface area contributed by atoms with Crippen LogP contribution in [0.1, 0.15) is 41.0 Å². The van der Waals surface area contributed by atoms with Gasteiger partial charge in [0.1, 0.15) is 0 Å². The van der Waals surface area contributed by atoms with E-state index < -0.39 is 11.4 Å². The van der Waals surface area contributed by atoms with Crippen molar-refractivity contribution in [1.82, 2.24) is 0 Å². The maximum atomic E-state index is 13.8. The zero-order valence-electron chi connectivity index (χ0n) is 13.5. The van der Waals surface area contributed by atoms with E-state index in [2.05, 4.69) is 19.2 Å². The second-order valence-corrected chi connectivity index (χ2v) is 6.48. The molecule has 120 valence electrons. The lowest BCUT2D eigenvalue weighted by molar-refractivity contribution is 0.0515. The van der Waals surface area contributed by atoms with Crippen LogP contribution in [-0.4, -0.2) is 23.4 Å². The van der Waals surface area contributed by atoms with Crippen LogP contribution in [0.3, 0.4) is 0 Å². The number of halogens is 1. The quantitative estimate of drug-likeness (QED) is 0.675. The predicted molar refractivity (Wildman–Crippen MR) is 85.1 cm³/mol. The van der Waals surface area contributed by atoms with E-state index in [-0.39, 0.29) is 11.9 Å². The number of nitrogens with one attached hydrogen (secondary N) is 1. The number of hydrogen-bond donors (Lipinski definition) is 3. The molecule has 0 fully saturated rings. The maximum Gasteiger partial charge on any atom is 0.167 e. The normalized spacial score (nSPS) is 14.3. The van der Waals surface area contributed by atoms with Gasteiger partial charge in [-0.3, -0.25) is 0 Å². The molecule has 0 aliphatic heterocycles. The Morgan fingerprint density at radius 2 is 1.95 bits per heavy atom. The molecule has 0 saturated heterocycles. The van der Waals surface area contributed by atoms with Gasteiger partial charge in [0.2, 0.25) is 0 Å². The van der Waals surface area contributed by atoms with E-state index in [1.165, 1.54) is 12.1 Å². The Morgan fingerprint density at radius 1 is 1.33 bits per heavy atom. The van der Waals surface area contributed by atoms with Gasteiger partial charge in [0, 0.05) is 18.7 Å². The molecule has 4 N–H and O–H groups in total. The Balaban J connectivity index is 2.83. The molecule has 1 rings (SSSR count). The number of hydrogen-bond acceptors (Lipinski definition) is 4. The number of rotatable bonds is 7. The summed E-state index contributed by atoms with van der Waals surface area (Å²) in [6, 6.07) is 2.77. The van der Waals surface area contributed by atoms with E-state index in [9.17, 15) is 9.50 Å². The molecule has 0 amide bonds. The van der Waals surface area contributed by atoms with Gasteiger partial charge in [0.25, 0.3) is 0 Å². The minimum Gasteiger partial charge on any atom is -0.488 e. The topological polar surface area (TPSA) is 67.5 Å². The standard InChI is InChI=1S/C16H27FN2O2/c1-10(2)8-16(5,20)9-19-14-7-15(21-11(3)4)12(17)6-13(14)18/h6-7,10-11,19-20H,8-9,18H2,1-5H3. The van der Waals surface area contributed by atoms with E-state index in [1.54, 1.807) is 6.92 Å². The molecule has 4 nitrogen and oxygen atoms in total. The Hall–Kier alpha value is -1.49. The largest absolute Gasteiger partial charge is 0.488 e. The van der Waals surface area contributed by atoms with Crippen LogP contribution in [0.4, 0.5) is 15.8 Å². The summed E-state index contributed by atoms with van der Waals surface area (Å²) in [6.07, 6.45) is 0.538. The first-order chi connectivity index (χ1) is 9.60. The Morgan fingerprint density at radius 3 is 2.48 bits per heavy atom. The molecule has 0 aliphatic carbocycles. The first-order valence-corrected chi connectivity index (χ1v) is 7.32. The van der Waals surface area contributed by atoms with Gasteiger partial charge in [0.05, 0.1) is 23.1 Å². The Kier molecular flexibility index (Phi) is 5.84. The zero-order valence-corrected chi connectivity index (χ0v) is 13.5.